The molecule has 0 radical (unpaired) electrons. The number of hydrogen-bond acceptors (Lipinski definition) is 1. The predicted molar refractivity (Wildman–Crippen MR) is 64.6 cm³/mol. The Kier molecular flexibility index (Phi) is 3.48. The lowest BCUT2D eigenvalue weighted by atomic mass is 9.71. The van der Waals surface area contributed by atoms with Crippen molar-refractivity contribution in [3.8, 4) is 0 Å². The van der Waals surface area contributed by atoms with E-state index in [0.29, 0.717) is 12.3 Å². The van der Waals surface area contributed by atoms with E-state index >= 15 is 0 Å². The molecule has 2 unspecified atom stereocenters. The van der Waals surface area contributed by atoms with Gasteiger partial charge in [-0.25, -0.2) is 8.78 Å². The third-order valence-corrected chi connectivity index (χ3v) is 4.08. The molecule has 1 nitrogen and oxygen atoms in total. The Morgan fingerprint density at radius 3 is 2.53 bits per heavy atom. The molecule has 0 spiro atoms. The molecule has 1 aromatic carbocycles. The van der Waals surface area contributed by atoms with Crippen molar-refractivity contribution < 1.29 is 8.78 Å². The monoisotopic (exact) mass is 239 g/mol. The smallest absolute Gasteiger partial charge is 0.129 e. The van der Waals surface area contributed by atoms with Crippen LogP contribution >= 0.6 is 0 Å². The summed E-state index contributed by atoms with van der Waals surface area (Å²) >= 11 is 0. The highest BCUT2D eigenvalue weighted by Gasteiger charge is 2.35. The Morgan fingerprint density at radius 1 is 1.29 bits per heavy atom. The fourth-order valence-corrected chi connectivity index (χ4v) is 2.73. The molecule has 1 aliphatic carbocycles. The fraction of sp³-hybridized carbons (Fsp3) is 0.571. The van der Waals surface area contributed by atoms with E-state index in [1.807, 2.05) is 0 Å². The van der Waals surface area contributed by atoms with Crippen LogP contribution in [-0.2, 0) is 6.42 Å². The first kappa shape index (κ1) is 12.5. The highest BCUT2D eigenvalue weighted by Crippen LogP contribution is 2.35. The molecule has 0 saturated heterocycles. The molecule has 0 aliphatic heterocycles. The lowest BCUT2D eigenvalue weighted by Gasteiger charge is -2.39. The molecule has 1 aromatic rings. The normalized spacial score (nSPS) is 29.3. The van der Waals surface area contributed by atoms with Crippen LogP contribution < -0.4 is 5.73 Å². The molecule has 1 fully saturated rings. The lowest BCUT2D eigenvalue weighted by molar-refractivity contribution is 0.200. The summed E-state index contributed by atoms with van der Waals surface area (Å²) < 4.78 is 27.2. The second kappa shape index (κ2) is 4.73. The van der Waals surface area contributed by atoms with Gasteiger partial charge < -0.3 is 5.73 Å². The van der Waals surface area contributed by atoms with Gasteiger partial charge in [0.25, 0.3) is 0 Å². The van der Waals surface area contributed by atoms with E-state index in [9.17, 15) is 8.78 Å². The van der Waals surface area contributed by atoms with E-state index in [1.165, 1.54) is 24.6 Å². The third-order valence-electron chi connectivity index (χ3n) is 4.08. The number of hydrogen-bond donors (Lipinski definition) is 1. The number of rotatable bonds is 2. The summed E-state index contributed by atoms with van der Waals surface area (Å²) in [6.07, 6.45) is 4.41. The molecule has 0 amide bonds. The summed E-state index contributed by atoms with van der Waals surface area (Å²) in [7, 11) is 0. The zero-order valence-electron chi connectivity index (χ0n) is 10.2. The van der Waals surface area contributed by atoms with Gasteiger partial charge in [0, 0.05) is 11.1 Å². The molecule has 2 rings (SSSR count). The van der Waals surface area contributed by atoms with E-state index in [4.69, 9.17) is 5.73 Å². The molecule has 2 N–H and O–H groups in total. The topological polar surface area (TPSA) is 26.0 Å². The highest BCUT2D eigenvalue weighted by molar-refractivity contribution is 5.22. The van der Waals surface area contributed by atoms with Crippen LogP contribution in [0.3, 0.4) is 0 Å². The summed E-state index contributed by atoms with van der Waals surface area (Å²) in [5.41, 5.74) is 6.02. The van der Waals surface area contributed by atoms with Crippen molar-refractivity contribution >= 4 is 0 Å². The van der Waals surface area contributed by atoms with Crippen molar-refractivity contribution in [2.24, 2.45) is 11.7 Å². The van der Waals surface area contributed by atoms with E-state index in [0.717, 1.165) is 19.3 Å². The van der Waals surface area contributed by atoms with Gasteiger partial charge in [-0.1, -0.05) is 25.8 Å². The fourth-order valence-electron chi connectivity index (χ4n) is 2.73. The van der Waals surface area contributed by atoms with Gasteiger partial charge in [0.15, 0.2) is 0 Å². The first-order valence-corrected chi connectivity index (χ1v) is 6.25. The average molecular weight is 239 g/mol. The van der Waals surface area contributed by atoms with Crippen LogP contribution in [0.1, 0.15) is 38.2 Å². The largest absolute Gasteiger partial charge is 0.325 e. The van der Waals surface area contributed by atoms with Gasteiger partial charge in [0.2, 0.25) is 0 Å². The minimum absolute atomic E-state index is 0.142. The Bertz CT molecular complexity index is 385. The maximum atomic E-state index is 13.6. The maximum absolute atomic E-state index is 13.6. The van der Waals surface area contributed by atoms with Gasteiger partial charge in [-0.3, -0.25) is 0 Å². The first-order chi connectivity index (χ1) is 8.03. The minimum atomic E-state index is -0.479. The number of nitrogens with two attached hydrogens (primary N) is 1. The highest BCUT2D eigenvalue weighted by atomic mass is 19.1. The molecular formula is C14H19F2N. The quantitative estimate of drug-likeness (QED) is 0.840. The van der Waals surface area contributed by atoms with Gasteiger partial charge >= 0.3 is 0 Å². The van der Waals surface area contributed by atoms with E-state index in [1.54, 1.807) is 0 Å². The van der Waals surface area contributed by atoms with Crippen LogP contribution in [0, 0.1) is 17.6 Å². The summed E-state index contributed by atoms with van der Waals surface area (Å²) in [5.74, 6) is -0.643. The lowest BCUT2D eigenvalue weighted by Crippen LogP contribution is -2.50. The molecule has 2 atom stereocenters. The molecule has 94 valence electrons. The molecular weight excluding hydrogens is 220 g/mol. The Hall–Kier alpha value is -0.960. The minimum Gasteiger partial charge on any atom is -0.325 e. The van der Waals surface area contributed by atoms with Gasteiger partial charge in [0.1, 0.15) is 11.6 Å². The van der Waals surface area contributed by atoms with Crippen molar-refractivity contribution in [2.45, 2.75) is 44.6 Å². The number of halogens is 2. The van der Waals surface area contributed by atoms with Crippen molar-refractivity contribution in [3.63, 3.8) is 0 Å². The van der Waals surface area contributed by atoms with Crippen molar-refractivity contribution in [1.82, 2.24) is 0 Å². The Morgan fingerprint density at radius 2 is 1.94 bits per heavy atom. The molecule has 1 aliphatic rings. The van der Waals surface area contributed by atoms with Crippen LogP contribution in [0.2, 0.25) is 0 Å². The van der Waals surface area contributed by atoms with Crippen molar-refractivity contribution in [3.05, 3.63) is 35.4 Å². The first-order valence-electron chi connectivity index (χ1n) is 6.25. The summed E-state index contributed by atoms with van der Waals surface area (Å²) in [6.45, 7) is 2.08. The summed E-state index contributed by atoms with van der Waals surface area (Å²) in [6, 6.07) is 3.99. The zero-order valence-corrected chi connectivity index (χ0v) is 10.2. The predicted octanol–water partition coefficient (Wildman–Crippen LogP) is 3.41. The van der Waals surface area contributed by atoms with Crippen LogP contribution in [0.5, 0.6) is 0 Å². The van der Waals surface area contributed by atoms with Crippen LogP contribution in [0.15, 0.2) is 18.2 Å². The van der Waals surface area contributed by atoms with E-state index in [-0.39, 0.29) is 5.56 Å². The second-order valence-corrected chi connectivity index (χ2v) is 5.26. The van der Waals surface area contributed by atoms with Crippen molar-refractivity contribution in [1.29, 1.82) is 0 Å². The zero-order chi connectivity index (χ0) is 12.5. The van der Waals surface area contributed by atoms with Crippen molar-refractivity contribution in [2.75, 3.05) is 0 Å². The third kappa shape index (κ3) is 2.49. The van der Waals surface area contributed by atoms with Gasteiger partial charge in [0.05, 0.1) is 0 Å². The van der Waals surface area contributed by atoms with Crippen LogP contribution in [-0.4, -0.2) is 5.54 Å². The van der Waals surface area contributed by atoms with Gasteiger partial charge in [-0.05, 0) is 37.3 Å². The van der Waals surface area contributed by atoms with Crippen LogP contribution in [0.25, 0.3) is 0 Å². The maximum Gasteiger partial charge on any atom is 0.129 e. The summed E-state index contributed by atoms with van der Waals surface area (Å²) in [4.78, 5) is 0. The second-order valence-electron chi connectivity index (χ2n) is 5.26. The molecule has 17 heavy (non-hydrogen) atoms. The molecule has 3 heteroatoms. The van der Waals surface area contributed by atoms with Gasteiger partial charge in [-0.15, -0.1) is 0 Å². The average Bonchev–Trinajstić information content (AvgIpc) is 2.28. The standard InChI is InChI=1S/C14H19F2N/c1-10-5-2-3-8-14(10,17)9-11-12(15)6-4-7-13(11)16/h4,6-7,10H,2-3,5,8-9,17H2,1H3. The van der Waals surface area contributed by atoms with E-state index < -0.39 is 17.2 Å². The number of benzene rings is 1. The summed E-state index contributed by atoms with van der Waals surface area (Å²) in [5, 5.41) is 0. The molecule has 1 saturated carbocycles. The molecule has 0 heterocycles. The Labute approximate surface area is 101 Å². The van der Waals surface area contributed by atoms with Crippen LogP contribution in [0.4, 0.5) is 8.78 Å². The molecule has 0 aromatic heterocycles. The Balaban J connectivity index is 2.25. The van der Waals surface area contributed by atoms with Gasteiger partial charge in [-0.2, -0.15) is 0 Å². The molecule has 0 bridgehead atoms. The SMILES string of the molecule is CC1CCCCC1(N)Cc1c(F)cccc1F. The van der Waals surface area contributed by atoms with E-state index in [2.05, 4.69) is 6.92 Å².